The van der Waals surface area contributed by atoms with Crippen molar-refractivity contribution < 1.29 is 5.11 Å². The molecule has 1 rings (SSSR count). The van der Waals surface area contributed by atoms with E-state index in [2.05, 4.69) is 11.9 Å². The number of halogens is 1. The number of hydrogen-bond donors (Lipinski definition) is 2. The number of aliphatic hydroxyl groups is 1. The largest absolute Gasteiger partial charge is 0.388 e. The molecule has 4 heteroatoms. The summed E-state index contributed by atoms with van der Waals surface area (Å²) >= 11 is 7.19. The minimum atomic E-state index is -0.412. The second-order valence-corrected chi connectivity index (χ2v) is 4.69. The minimum absolute atomic E-state index is 0.412. The number of rotatable bonds is 6. The molecule has 0 aliphatic carbocycles. The molecule has 0 aliphatic heterocycles. The first-order valence-corrected chi connectivity index (χ1v) is 5.68. The zero-order valence-corrected chi connectivity index (χ0v) is 9.44. The highest BCUT2D eigenvalue weighted by Gasteiger charge is 2.08. The molecule has 0 saturated carbocycles. The summed E-state index contributed by atoms with van der Waals surface area (Å²) < 4.78 is 0.720. The lowest BCUT2D eigenvalue weighted by Gasteiger charge is -2.07. The van der Waals surface area contributed by atoms with Gasteiger partial charge in [-0.05, 0) is 25.1 Å². The highest BCUT2D eigenvalue weighted by atomic mass is 35.5. The fraction of sp³-hybridized carbons (Fsp3) is 0.400. The van der Waals surface area contributed by atoms with E-state index < -0.39 is 6.10 Å². The molecule has 1 aromatic rings. The van der Waals surface area contributed by atoms with E-state index >= 15 is 0 Å². The number of nitrogens with one attached hydrogen (secondary N) is 1. The Bertz CT molecular complexity index is 287. The van der Waals surface area contributed by atoms with Crippen LogP contribution in [0.1, 0.15) is 17.4 Å². The van der Waals surface area contributed by atoms with E-state index in [0.717, 1.165) is 22.3 Å². The van der Waals surface area contributed by atoms with E-state index in [1.54, 1.807) is 6.08 Å². The maximum Gasteiger partial charge on any atom is 0.0932 e. The molecule has 1 atom stereocenters. The molecule has 78 valence electrons. The van der Waals surface area contributed by atoms with Gasteiger partial charge in [0.25, 0.3) is 0 Å². The van der Waals surface area contributed by atoms with Crippen LogP contribution in [-0.4, -0.2) is 18.2 Å². The van der Waals surface area contributed by atoms with Gasteiger partial charge in [-0.2, -0.15) is 0 Å². The van der Waals surface area contributed by atoms with Crippen LogP contribution in [0, 0.1) is 0 Å². The van der Waals surface area contributed by atoms with Crippen molar-refractivity contribution in [3.8, 4) is 0 Å². The van der Waals surface area contributed by atoms with Crippen molar-refractivity contribution in [3.05, 3.63) is 34.0 Å². The summed E-state index contributed by atoms with van der Waals surface area (Å²) in [6.07, 6.45) is 2.09. The summed E-state index contributed by atoms with van der Waals surface area (Å²) in [6, 6.07) is 3.67. The van der Waals surface area contributed by atoms with Gasteiger partial charge >= 0.3 is 0 Å². The highest BCUT2D eigenvalue weighted by molar-refractivity contribution is 7.16. The van der Waals surface area contributed by atoms with E-state index in [1.807, 2.05) is 12.1 Å². The Hall–Kier alpha value is -0.350. The zero-order chi connectivity index (χ0) is 10.4. The summed E-state index contributed by atoms with van der Waals surface area (Å²) in [7, 11) is 0. The van der Waals surface area contributed by atoms with Gasteiger partial charge in [0.2, 0.25) is 0 Å². The van der Waals surface area contributed by atoms with E-state index in [-0.39, 0.29) is 0 Å². The van der Waals surface area contributed by atoms with Gasteiger partial charge in [-0.3, -0.25) is 0 Å². The molecule has 0 saturated heterocycles. The Morgan fingerprint density at radius 2 is 2.43 bits per heavy atom. The summed E-state index contributed by atoms with van der Waals surface area (Å²) in [5, 5.41) is 12.9. The van der Waals surface area contributed by atoms with Crippen LogP contribution in [-0.2, 0) is 0 Å². The van der Waals surface area contributed by atoms with Gasteiger partial charge in [-0.1, -0.05) is 17.7 Å². The summed E-state index contributed by atoms with van der Waals surface area (Å²) in [4.78, 5) is 0.926. The third kappa shape index (κ3) is 3.80. The molecular weight excluding hydrogens is 218 g/mol. The van der Waals surface area contributed by atoms with Crippen LogP contribution in [0.25, 0.3) is 0 Å². The number of aliphatic hydroxyl groups excluding tert-OH is 1. The average Bonchev–Trinajstić information content (AvgIpc) is 2.59. The van der Waals surface area contributed by atoms with Crippen molar-refractivity contribution in [3.63, 3.8) is 0 Å². The van der Waals surface area contributed by atoms with E-state index in [4.69, 9.17) is 11.6 Å². The van der Waals surface area contributed by atoms with E-state index in [0.29, 0.717) is 6.42 Å². The molecule has 0 bridgehead atoms. The lowest BCUT2D eigenvalue weighted by molar-refractivity contribution is 0.171. The molecular formula is C10H14ClNOS. The Morgan fingerprint density at radius 1 is 1.64 bits per heavy atom. The van der Waals surface area contributed by atoms with Crippen LogP contribution in [0.3, 0.4) is 0 Å². The van der Waals surface area contributed by atoms with Crippen LogP contribution in [0.5, 0.6) is 0 Å². The Kier molecular flexibility index (Phi) is 5.19. The molecule has 1 heterocycles. The predicted molar refractivity (Wildman–Crippen MR) is 62.0 cm³/mol. The molecule has 0 aromatic carbocycles. The Labute approximate surface area is 93.2 Å². The number of hydrogen-bond acceptors (Lipinski definition) is 3. The molecule has 0 fully saturated rings. The Morgan fingerprint density at radius 3 is 3.00 bits per heavy atom. The second-order valence-electron chi connectivity index (χ2n) is 2.94. The van der Waals surface area contributed by atoms with Gasteiger partial charge < -0.3 is 10.4 Å². The van der Waals surface area contributed by atoms with Crippen molar-refractivity contribution >= 4 is 22.9 Å². The normalized spacial score (nSPS) is 12.7. The van der Waals surface area contributed by atoms with E-state index in [1.165, 1.54) is 11.3 Å². The van der Waals surface area contributed by atoms with Gasteiger partial charge in [0.05, 0.1) is 10.4 Å². The predicted octanol–water partition coefficient (Wildman–Crippen LogP) is 2.60. The smallest absolute Gasteiger partial charge is 0.0932 e. The van der Waals surface area contributed by atoms with Gasteiger partial charge in [0, 0.05) is 11.4 Å². The van der Waals surface area contributed by atoms with E-state index in [9.17, 15) is 5.11 Å². The second kappa shape index (κ2) is 6.19. The van der Waals surface area contributed by atoms with Crippen molar-refractivity contribution in [2.45, 2.75) is 12.5 Å². The van der Waals surface area contributed by atoms with Crippen molar-refractivity contribution in [1.82, 2.24) is 5.32 Å². The maximum atomic E-state index is 9.72. The zero-order valence-electron chi connectivity index (χ0n) is 7.87. The van der Waals surface area contributed by atoms with Gasteiger partial charge in [0.15, 0.2) is 0 Å². The molecule has 0 amide bonds. The quantitative estimate of drug-likeness (QED) is 0.583. The molecule has 2 N–H and O–H groups in total. The maximum absolute atomic E-state index is 9.72. The highest BCUT2D eigenvalue weighted by Crippen LogP contribution is 2.28. The monoisotopic (exact) mass is 231 g/mol. The first-order valence-electron chi connectivity index (χ1n) is 4.49. The molecule has 1 unspecified atom stereocenters. The molecule has 14 heavy (non-hydrogen) atoms. The van der Waals surface area contributed by atoms with Crippen LogP contribution in [0.15, 0.2) is 24.8 Å². The molecule has 1 aromatic heterocycles. The first kappa shape index (κ1) is 11.7. The molecule has 2 nitrogen and oxygen atoms in total. The Balaban J connectivity index is 2.28. The number of thiophene rings is 1. The van der Waals surface area contributed by atoms with Crippen molar-refractivity contribution in [2.24, 2.45) is 0 Å². The van der Waals surface area contributed by atoms with Gasteiger partial charge in [0.1, 0.15) is 0 Å². The van der Waals surface area contributed by atoms with Crippen LogP contribution in [0.4, 0.5) is 0 Å². The summed E-state index contributed by atoms with van der Waals surface area (Å²) in [5.74, 6) is 0. The van der Waals surface area contributed by atoms with Crippen molar-refractivity contribution in [2.75, 3.05) is 13.1 Å². The molecule has 0 aliphatic rings. The third-order valence-corrected chi connectivity index (χ3v) is 3.14. The minimum Gasteiger partial charge on any atom is -0.388 e. The summed E-state index contributed by atoms with van der Waals surface area (Å²) in [6.45, 7) is 5.15. The lowest BCUT2D eigenvalue weighted by atomic mass is 10.2. The lowest BCUT2D eigenvalue weighted by Crippen LogP contribution is -2.16. The van der Waals surface area contributed by atoms with Crippen molar-refractivity contribution in [1.29, 1.82) is 0 Å². The van der Waals surface area contributed by atoms with Crippen LogP contribution < -0.4 is 5.32 Å². The fourth-order valence-electron chi connectivity index (χ4n) is 1.09. The fourth-order valence-corrected chi connectivity index (χ4v) is 2.17. The topological polar surface area (TPSA) is 32.3 Å². The first-order chi connectivity index (χ1) is 6.74. The van der Waals surface area contributed by atoms with Gasteiger partial charge in [-0.15, -0.1) is 17.9 Å². The third-order valence-electron chi connectivity index (χ3n) is 1.81. The molecule has 0 radical (unpaired) electrons. The SMILES string of the molecule is C=CCNCCC(O)c1ccc(Cl)s1. The standard InChI is InChI=1S/C10H14ClNOS/c1-2-6-12-7-5-8(13)9-3-4-10(11)14-9/h2-4,8,12-13H,1,5-7H2. The molecule has 0 spiro atoms. The van der Waals surface area contributed by atoms with Crippen LogP contribution >= 0.6 is 22.9 Å². The van der Waals surface area contributed by atoms with Crippen LogP contribution in [0.2, 0.25) is 4.34 Å². The summed E-state index contributed by atoms with van der Waals surface area (Å²) in [5.41, 5.74) is 0. The van der Waals surface area contributed by atoms with Gasteiger partial charge in [-0.25, -0.2) is 0 Å². The average molecular weight is 232 g/mol.